The maximum atomic E-state index is 11.4. The number of likely N-dealkylation sites (tertiary alicyclic amines) is 1. The molecule has 0 aliphatic carbocycles. The van der Waals surface area contributed by atoms with E-state index in [1.807, 2.05) is 20.8 Å². The molecule has 4 nitrogen and oxygen atoms in total. The fourth-order valence-electron chi connectivity index (χ4n) is 1.25. The minimum Gasteiger partial charge on any atom is -0.444 e. The Hall–Kier alpha value is -0.770. The van der Waals surface area contributed by atoms with Gasteiger partial charge in [0.05, 0.1) is 0 Å². The van der Waals surface area contributed by atoms with Crippen molar-refractivity contribution in [1.82, 2.24) is 10.6 Å². The summed E-state index contributed by atoms with van der Waals surface area (Å²) < 4.78 is 5.17. The Labute approximate surface area is 79.0 Å². The van der Waals surface area contributed by atoms with Crippen LogP contribution in [0.5, 0.6) is 0 Å². The highest BCUT2D eigenvalue weighted by atomic mass is 16.6. The number of hydrogen-bond acceptors (Lipinski definition) is 2. The van der Waals surface area contributed by atoms with Gasteiger partial charge in [-0.15, -0.1) is 0 Å². The highest BCUT2D eigenvalue weighted by Crippen LogP contribution is 2.14. The van der Waals surface area contributed by atoms with E-state index in [4.69, 9.17) is 10.5 Å². The summed E-state index contributed by atoms with van der Waals surface area (Å²) in [7, 11) is 0. The first-order valence-electron chi connectivity index (χ1n) is 4.57. The first-order valence-corrected chi connectivity index (χ1v) is 4.57. The van der Waals surface area contributed by atoms with Gasteiger partial charge in [-0.3, -0.25) is 5.73 Å². The van der Waals surface area contributed by atoms with Crippen LogP contribution in [0.1, 0.15) is 27.2 Å². The number of hydrogen-bond donors (Lipinski definition) is 0. The first-order chi connectivity index (χ1) is 5.88. The first kappa shape index (κ1) is 10.3. The zero-order valence-corrected chi connectivity index (χ0v) is 8.46. The minimum absolute atomic E-state index is 0.132. The van der Waals surface area contributed by atoms with E-state index >= 15 is 0 Å². The van der Waals surface area contributed by atoms with Crippen LogP contribution in [0.15, 0.2) is 0 Å². The lowest BCUT2D eigenvalue weighted by Crippen LogP contribution is -2.35. The molecule has 1 radical (unpaired) electrons. The second kappa shape index (κ2) is 3.54. The van der Waals surface area contributed by atoms with Gasteiger partial charge in [-0.1, -0.05) is 0 Å². The SMILES string of the molecule is CC(C)(C)OC(=O)N1CCC([NH])C1. The van der Waals surface area contributed by atoms with Gasteiger partial charge in [-0.25, -0.2) is 4.79 Å². The molecule has 1 N–H and O–H groups in total. The van der Waals surface area contributed by atoms with Gasteiger partial charge >= 0.3 is 6.09 Å². The van der Waals surface area contributed by atoms with E-state index in [9.17, 15) is 4.79 Å². The summed E-state index contributed by atoms with van der Waals surface area (Å²) in [6, 6.07) is -0.132. The molecule has 0 aromatic rings. The van der Waals surface area contributed by atoms with E-state index in [2.05, 4.69) is 0 Å². The smallest absolute Gasteiger partial charge is 0.410 e. The third-order valence-corrected chi connectivity index (χ3v) is 1.84. The quantitative estimate of drug-likeness (QED) is 0.570. The number of nitrogens with one attached hydrogen (secondary N) is 1. The van der Waals surface area contributed by atoms with Crippen LogP contribution in [0.2, 0.25) is 0 Å². The fourth-order valence-corrected chi connectivity index (χ4v) is 1.25. The highest BCUT2D eigenvalue weighted by Gasteiger charge is 2.27. The molecule has 0 aromatic carbocycles. The molecule has 1 amide bonds. The molecule has 1 aliphatic rings. The Bertz CT molecular complexity index is 198. The predicted molar refractivity (Wildman–Crippen MR) is 49.3 cm³/mol. The molecule has 75 valence electrons. The molecule has 4 heteroatoms. The molecular formula is C9H17N2O2. The predicted octanol–water partition coefficient (Wildman–Crippen LogP) is 1.28. The van der Waals surface area contributed by atoms with Crippen molar-refractivity contribution in [2.45, 2.75) is 38.8 Å². The van der Waals surface area contributed by atoms with Gasteiger partial charge in [0.2, 0.25) is 0 Å². The molecule has 1 unspecified atom stereocenters. The van der Waals surface area contributed by atoms with Gasteiger partial charge in [-0.05, 0) is 27.2 Å². The topological polar surface area (TPSA) is 53.3 Å². The summed E-state index contributed by atoms with van der Waals surface area (Å²) in [4.78, 5) is 13.0. The van der Waals surface area contributed by atoms with Crippen LogP contribution in [0, 0.1) is 0 Å². The average Bonchev–Trinajstić information content (AvgIpc) is 2.31. The second-order valence-corrected chi connectivity index (χ2v) is 4.41. The third kappa shape index (κ3) is 3.22. The van der Waals surface area contributed by atoms with Crippen LogP contribution in [0.4, 0.5) is 4.79 Å². The molecule has 1 rings (SSSR count). The van der Waals surface area contributed by atoms with Crippen LogP contribution in [0.3, 0.4) is 0 Å². The summed E-state index contributed by atoms with van der Waals surface area (Å²) in [5.74, 6) is 0. The van der Waals surface area contributed by atoms with Gasteiger partial charge in [0.15, 0.2) is 0 Å². The van der Waals surface area contributed by atoms with Crippen LogP contribution in [-0.4, -0.2) is 35.7 Å². The minimum atomic E-state index is -0.433. The fraction of sp³-hybridized carbons (Fsp3) is 0.889. The Morgan fingerprint density at radius 1 is 1.54 bits per heavy atom. The number of carbonyl (C=O) groups is 1. The molecule has 0 spiro atoms. The van der Waals surface area contributed by atoms with Crippen molar-refractivity contribution in [3.8, 4) is 0 Å². The summed E-state index contributed by atoms with van der Waals surface area (Å²) in [5, 5.41) is 0. The second-order valence-electron chi connectivity index (χ2n) is 4.41. The molecule has 0 aromatic heterocycles. The number of ether oxygens (including phenoxy) is 1. The van der Waals surface area contributed by atoms with Crippen molar-refractivity contribution >= 4 is 6.09 Å². The van der Waals surface area contributed by atoms with Crippen LogP contribution in [-0.2, 0) is 4.74 Å². The summed E-state index contributed by atoms with van der Waals surface area (Å²) >= 11 is 0. The molecule has 1 aliphatic heterocycles. The van der Waals surface area contributed by atoms with Crippen molar-refractivity contribution in [2.24, 2.45) is 0 Å². The van der Waals surface area contributed by atoms with Crippen molar-refractivity contribution in [3.05, 3.63) is 0 Å². The normalized spacial score (nSPS) is 23.4. The van der Waals surface area contributed by atoms with Crippen LogP contribution >= 0.6 is 0 Å². The van der Waals surface area contributed by atoms with Crippen LogP contribution in [0.25, 0.3) is 0 Å². The van der Waals surface area contributed by atoms with Gasteiger partial charge in [0, 0.05) is 19.1 Å². The zero-order chi connectivity index (χ0) is 10.1. The van der Waals surface area contributed by atoms with Crippen molar-refractivity contribution in [2.75, 3.05) is 13.1 Å². The van der Waals surface area contributed by atoms with Gasteiger partial charge in [0.25, 0.3) is 0 Å². The molecule has 1 fully saturated rings. The number of amides is 1. The van der Waals surface area contributed by atoms with E-state index in [1.54, 1.807) is 4.90 Å². The standard InChI is InChI=1S/C9H17N2O2/c1-9(2,3)13-8(12)11-5-4-7(10)6-11/h7,10H,4-6H2,1-3H3. The lowest BCUT2D eigenvalue weighted by Gasteiger charge is -2.24. The number of rotatable bonds is 0. The van der Waals surface area contributed by atoms with E-state index in [0.717, 1.165) is 6.42 Å². The van der Waals surface area contributed by atoms with Crippen LogP contribution < -0.4 is 5.73 Å². The Morgan fingerprint density at radius 2 is 2.15 bits per heavy atom. The van der Waals surface area contributed by atoms with Gasteiger partial charge in [0.1, 0.15) is 5.60 Å². The molecule has 1 heterocycles. The van der Waals surface area contributed by atoms with Gasteiger partial charge < -0.3 is 9.64 Å². The molecule has 0 saturated carbocycles. The summed E-state index contributed by atoms with van der Waals surface area (Å²) in [5.41, 5.74) is 7.00. The monoisotopic (exact) mass is 185 g/mol. The van der Waals surface area contributed by atoms with Crippen molar-refractivity contribution in [1.29, 1.82) is 0 Å². The Morgan fingerprint density at radius 3 is 2.54 bits per heavy atom. The largest absolute Gasteiger partial charge is 0.444 e. The maximum absolute atomic E-state index is 11.4. The third-order valence-electron chi connectivity index (χ3n) is 1.84. The van der Waals surface area contributed by atoms with Crippen molar-refractivity contribution in [3.63, 3.8) is 0 Å². The molecule has 1 saturated heterocycles. The lowest BCUT2D eigenvalue weighted by atomic mass is 10.2. The van der Waals surface area contributed by atoms with E-state index in [-0.39, 0.29) is 12.1 Å². The van der Waals surface area contributed by atoms with Crippen molar-refractivity contribution < 1.29 is 9.53 Å². The average molecular weight is 185 g/mol. The zero-order valence-electron chi connectivity index (χ0n) is 8.46. The summed E-state index contributed by atoms with van der Waals surface area (Å²) in [6.45, 7) is 6.70. The number of nitrogens with zero attached hydrogens (tertiary/aromatic N) is 1. The Balaban J connectivity index is 2.41. The lowest BCUT2D eigenvalue weighted by molar-refractivity contribution is 0.0292. The molecular weight excluding hydrogens is 168 g/mol. The van der Waals surface area contributed by atoms with E-state index in [1.165, 1.54) is 0 Å². The summed E-state index contributed by atoms with van der Waals surface area (Å²) in [6.07, 6.45) is 0.474. The highest BCUT2D eigenvalue weighted by molar-refractivity contribution is 5.68. The number of carbonyl (C=O) groups excluding carboxylic acids is 1. The van der Waals surface area contributed by atoms with E-state index < -0.39 is 5.60 Å². The molecule has 13 heavy (non-hydrogen) atoms. The Kier molecular flexibility index (Phi) is 2.81. The maximum Gasteiger partial charge on any atom is 0.410 e. The van der Waals surface area contributed by atoms with Gasteiger partial charge in [-0.2, -0.15) is 0 Å². The molecule has 0 bridgehead atoms. The molecule has 1 atom stereocenters. The van der Waals surface area contributed by atoms with E-state index in [0.29, 0.717) is 13.1 Å².